The fourth-order valence-electron chi connectivity index (χ4n) is 1.28. The van der Waals surface area contributed by atoms with E-state index in [2.05, 4.69) is 0 Å². The highest BCUT2D eigenvalue weighted by Crippen LogP contribution is 2.19. The van der Waals surface area contributed by atoms with E-state index in [1.807, 2.05) is 0 Å². The lowest BCUT2D eigenvalue weighted by molar-refractivity contribution is 0.484. The van der Waals surface area contributed by atoms with Crippen molar-refractivity contribution in [3.8, 4) is 0 Å². The maximum absolute atomic E-state index is 13.0. The lowest BCUT2D eigenvalue weighted by Gasteiger charge is -2.16. The molecule has 0 aliphatic heterocycles. The Hall–Kier alpha value is -1.19. The molecule has 0 aliphatic rings. The number of halogens is 1. The summed E-state index contributed by atoms with van der Waals surface area (Å²) < 4.78 is 60.0. The van der Waals surface area contributed by atoms with Gasteiger partial charge in [-0.15, -0.1) is 0 Å². The molecule has 1 rings (SSSR count). The average molecular weight is 310 g/mol. The van der Waals surface area contributed by atoms with Crippen molar-refractivity contribution >= 4 is 25.5 Å². The van der Waals surface area contributed by atoms with E-state index in [-0.39, 0.29) is 22.9 Å². The van der Waals surface area contributed by atoms with Crippen molar-refractivity contribution in [1.82, 2.24) is 4.31 Å². The van der Waals surface area contributed by atoms with Gasteiger partial charge in [0.2, 0.25) is 10.0 Å². The van der Waals surface area contributed by atoms with Crippen LogP contribution in [0.15, 0.2) is 23.1 Å². The molecule has 0 bridgehead atoms. The molecular weight excluding hydrogens is 295 g/mol. The van der Waals surface area contributed by atoms with Gasteiger partial charge in [-0.3, -0.25) is 0 Å². The van der Waals surface area contributed by atoms with Gasteiger partial charge in [0, 0.05) is 19.8 Å². The molecule has 0 saturated carbocycles. The summed E-state index contributed by atoms with van der Waals surface area (Å²) in [6, 6.07) is 3.03. The highest BCUT2D eigenvalue weighted by atomic mass is 32.2. The van der Waals surface area contributed by atoms with Crippen LogP contribution in [0.2, 0.25) is 0 Å². The number of rotatable bonds is 5. The van der Waals surface area contributed by atoms with E-state index in [9.17, 15) is 21.2 Å². The molecule has 108 valence electrons. The van der Waals surface area contributed by atoms with E-state index >= 15 is 0 Å². The molecule has 1 aromatic carbocycles. The molecule has 6 nitrogen and oxygen atoms in total. The van der Waals surface area contributed by atoms with Gasteiger partial charge in [-0.2, -0.15) is 4.31 Å². The number of hydrogen-bond acceptors (Lipinski definition) is 5. The minimum atomic E-state index is -3.88. The molecule has 0 amide bonds. The van der Waals surface area contributed by atoms with Gasteiger partial charge in [0.1, 0.15) is 15.7 Å². The molecule has 2 N–H and O–H groups in total. The van der Waals surface area contributed by atoms with E-state index in [4.69, 9.17) is 5.73 Å². The number of hydrogen-bond donors (Lipinski definition) is 1. The van der Waals surface area contributed by atoms with Crippen molar-refractivity contribution in [2.45, 2.75) is 4.90 Å². The highest BCUT2D eigenvalue weighted by Gasteiger charge is 2.22. The van der Waals surface area contributed by atoms with Crippen LogP contribution in [0.1, 0.15) is 0 Å². The second-order valence-electron chi connectivity index (χ2n) is 4.14. The van der Waals surface area contributed by atoms with Crippen molar-refractivity contribution in [2.24, 2.45) is 0 Å². The molecule has 0 spiro atoms. The molecule has 0 aliphatic carbocycles. The van der Waals surface area contributed by atoms with E-state index in [1.165, 1.54) is 7.05 Å². The van der Waals surface area contributed by atoms with Gasteiger partial charge >= 0.3 is 0 Å². The van der Waals surface area contributed by atoms with Gasteiger partial charge in [-0.05, 0) is 18.2 Å². The SMILES string of the molecule is CN(CCS(C)(=O)=O)S(=O)(=O)c1ccc(F)c(N)c1. The van der Waals surface area contributed by atoms with Crippen molar-refractivity contribution < 1.29 is 21.2 Å². The number of sulfone groups is 1. The third kappa shape index (κ3) is 4.15. The smallest absolute Gasteiger partial charge is 0.242 e. The predicted molar refractivity (Wildman–Crippen MR) is 70.3 cm³/mol. The normalized spacial score (nSPS) is 12.8. The van der Waals surface area contributed by atoms with Crippen LogP contribution in [-0.2, 0) is 19.9 Å². The zero-order chi connectivity index (χ0) is 14.8. The molecule has 9 heteroatoms. The molecule has 0 fully saturated rings. The first-order valence-electron chi connectivity index (χ1n) is 5.23. The standard InChI is InChI=1S/C10H15FN2O4S2/c1-13(5-6-18(2,14)15)19(16,17)8-3-4-9(11)10(12)7-8/h3-4,7H,5-6,12H2,1-2H3. The van der Waals surface area contributed by atoms with Crippen LogP contribution in [0.4, 0.5) is 10.1 Å². The molecule has 1 aromatic rings. The molecule has 0 radical (unpaired) electrons. The predicted octanol–water partition coefficient (Wildman–Crippen LogP) is 0.0730. The van der Waals surface area contributed by atoms with E-state index in [1.54, 1.807) is 0 Å². The number of sulfonamides is 1. The summed E-state index contributed by atoms with van der Waals surface area (Å²) in [5, 5.41) is 0. The van der Waals surface area contributed by atoms with Crippen molar-refractivity contribution in [1.29, 1.82) is 0 Å². The third-order valence-corrected chi connectivity index (χ3v) is 5.23. The number of benzene rings is 1. The van der Waals surface area contributed by atoms with Gasteiger partial charge in [-0.1, -0.05) is 0 Å². The summed E-state index contributed by atoms with van der Waals surface area (Å²) in [4.78, 5) is -0.178. The summed E-state index contributed by atoms with van der Waals surface area (Å²) in [6.45, 7) is -0.182. The van der Waals surface area contributed by atoms with Gasteiger partial charge in [0.25, 0.3) is 0 Å². The first-order chi connectivity index (χ1) is 8.54. The summed E-state index contributed by atoms with van der Waals surface area (Å²) in [6.07, 6.45) is 1.02. The molecule has 0 unspecified atom stereocenters. The zero-order valence-corrected chi connectivity index (χ0v) is 12.1. The van der Waals surface area contributed by atoms with Crippen molar-refractivity contribution in [2.75, 3.05) is 31.3 Å². The Morgan fingerprint density at radius 1 is 1.26 bits per heavy atom. The first kappa shape index (κ1) is 15.9. The Balaban J connectivity index is 3.00. The zero-order valence-electron chi connectivity index (χ0n) is 10.5. The number of nitrogens with zero attached hydrogens (tertiary/aromatic N) is 1. The summed E-state index contributed by atoms with van der Waals surface area (Å²) in [5.74, 6) is -1.00. The fourth-order valence-corrected chi connectivity index (χ4v) is 3.21. The first-order valence-corrected chi connectivity index (χ1v) is 8.73. The largest absolute Gasteiger partial charge is 0.396 e. The monoisotopic (exact) mass is 310 g/mol. The Morgan fingerprint density at radius 3 is 2.32 bits per heavy atom. The topological polar surface area (TPSA) is 97.5 Å². The van der Waals surface area contributed by atoms with Crippen LogP contribution in [0, 0.1) is 5.82 Å². The third-order valence-electron chi connectivity index (χ3n) is 2.45. The van der Waals surface area contributed by atoms with Crippen LogP contribution in [0.5, 0.6) is 0 Å². The van der Waals surface area contributed by atoms with E-state index in [0.717, 1.165) is 28.8 Å². The lowest BCUT2D eigenvalue weighted by Crippen LogP contribution is -2.31. The Bertz CT molecular complexity index is 671. The number of nitrogen functional groups attached to an aromatic ring is 1. The van der Waals surface area contributed by atoms with Gasteiger partial charge < -0.3 is 5.73 Å². The molecule has 0 saturated heterocycles. The second-order valence-corrected chi connectivity index (χ2v) is 8.44. The highest BCUT2D eigenvalue weighted by molar-refractivity contribution is 7.91. The summed E-state index contributed by atoms with van der Waals surface area (Å²) in [7, 11) is -5.90. The molecule has 0 aromatic heterocycles. The van der Waals surface area contributed by atoms with Crippen molar-refractivity contribution in [3.05, 3.63) is 24.0 Å². The lowest BCUT2D eigenvalue weighted by atomic mass is 10.3. The summed E-state index contributed by atoms with van der Waals surface area (Å²) in [5.41, 5.74) is 5.03. The van der Waals surface area contributed by atoms with Crippen molar-refractivity contribution in [3.63, 3.8) is 0 Å². The van der Waals surface area contributed by atoms with Crippen LogP contribution in [-0.4, -0.2) is 46.7 Å². The molecule has 0 heterocycles. The van der Waals surface area contributed by atoms with E-state index < -0.39 is 25.7 Å². The maximum atomic E-state index is 13.0. The van der Waals surface area contributed by atoms with E-state index in [0.29, 0.717) is 0 Å². The molecular formula is C10H15FN2O4S2. The second kappa shape index (κ2) is 5.43. The quantitative estimate of drug-likeness (QED) is 0.776. The number of nitrogens with two attached hydrogens (primary N) is 1. The maximum Gasteiger partial charge on any atom is 0.242 e. The van der Waals surface area contributed by atoms with Crippen LogP contribution in [0.25, 0.3) is 0 Å². The van der Waals surface area contributed by atoms with Crippen LogP contribution >= 0.6 is 0 Å². The summed E-state index contributed by atoms with van der Waals surface area (Å²) >= 11 is 0. The number of anilines is 1. The minimum Gasteiger partial charge on any atom is -0.396 e. The van der Waals surface area contributed by atoms with Gasteiger partial charge in [0.05, 0.1) is 16.3 Å². The van der Waals surface area contributed by atoms with Crippen LogP contribution < -0.4 is 5.73 Å². The fraction of sp³-hybridized carbons (Fsp3) is 0.400. The average Bonchev–Trinajstić information content (AvgIpc) is 2.28. The molecule has 0 atom stereocenters. The Kier molecular flexibility index (Phi) is 4.54. The minimum absolute atomic E-state index is 0.178. The van der Waals surface area contributed by atoms with Gasteiger partial charge in [0.15, 0.2) is 0 Å². The Morgan fingerprint density at radius 2 is 1.84 bits per heavy atom. The van der Waals surface area contributed by atoms with Crippen LogP contribution in [0.3, 0.4) is 0 Å². The van der Waals surface area contributed by atoms with Gasteiger partial charge in [-0.25, -0.2) is 21.2 Å². The Labute approximate surface area is 112 Å². The molecule has 19 heavy (non-hydrogen) atoms.